The molecule has 1 aliphatic heterocycles. The van der Waals surface area contributed by atoms with Crippen molar-refractivity contribution in [3.63, 3.8) is 0 Å². The van der Waals surface area contributed by atoms with E-state index in [1.165, 1.54) is 4.90 Å². The van der Waals surface area contributed by atoms with Crippen molar-refractivity contribution in [3.05, 3.63) is 28.8 Å². The molecule has 0 aromatic heterocycles. The number of ether oxygens (including phenoxy) is 1. The predicted octanol–water partition coefficient (Wildman–Crippen LogP) is 2.20. The predicted molar refractivity (Wildman–Crippen MR) is 101 cm³/mol. The fourth-order valence-corrected chi connectivity index (χ4v) is 3.17. The minimum Gasteiger partial charge on any atom is -0.481 e. The van der Waals surface area contributed by atoms with Crippen molar-refractivity contribution in [2.75, 3.05) is 26.7 Å². The number of carbonyl (C=O) groups is 3. The number of carboxylic acid groups (broad SMARTS) is 1. The number of carbonyl (C=O) groups excluding carboxylic acids is 2. The average molecular weight is 397 g/mol. The third kappa shape index (κ3) is 5.60. The Hall–Kier alpha value is -2.28. The molecule has 0 saturated carbocycles. The molecule has 8 heteroatoms. The highest BCUT2D eigenvalue weighted by Gasteiger charge is 2.29. The van der Waals surface area contributed by atoms with E-state index in [1.54, 1.807) is 31.0 Å². The van der Waals surface area contributed by atoms with Gasteiger partial charge in [0.1, 0.15) is 5.75 Å². The number of benzene rings is 1. The number of hydrogen-bond acceptors (Lipinski definition) is 4. The highest BCUT2D eigenvalue weighted by atomic mass is 35.5. The first kappa shape index (κ1) is 21.0. The Kier molecular flexibility index (Phi) is 7.07. The van der Waals surface area contributed by atoms with Gasteiger partial charge in [-0.3, -0.25) is 14.4 Å². The highest BCUT2D eigenvalue weighted by molar-refractivity contribution is 6.32. The second kappa shape index (κ2) is 9.08. The number of aryl methyl sites for hydroxylation is 1. The summed E-state index contributed by atoms with van der Waals surface area (Å²) < 4.78 is 5.66. The molecule has 0 bridgehead atoms. The van der Waals surface area contributed by atoms with Gasteiger partial charge >= 0.3 is 5.97 Å². The smallest absolute Gasteiger partial charge is 0.306 e. The van der Waals surface area contributed by atoms with Gasteiger partial charge in [-0.1, -0.05) is 17.7 Å². The van der Waals surface area contributed by atoms with E-state index < -0.39 is 18.0 Å². The largest absolute Gasteiger partial charge is 0.481 e. The molecule has 1 aromatic carbocycles. The molecular formula is C19H25ClN2O5. The number of nitrogens with zero attached hydrogens (tertiary/aromatic N) is 2. The van der Waals surface area contributed by atoms with Gasteiger partial charge in [0, 0.05) is 20.1 Å². The Labute approximate surface area is 163 Å². The fraction of sp³-hybridized carbons (Fsp3) is 0.526. The zero-order valence-corrected chi connectivity index (χ0v) is 16.5. The molecule has 0 radical (unpaired) electrons. The molecule has 1 unspecified atom stereocenters. The second-order valence-electron chi connectivity index (χ2n) is 6.88. The minimum atomic E-state index is -0.824. The zero-order chi connectivity index (χ0) is 20.1. The van der Waals surface area contributed by atoms with Crippen molar-refractivity contribution in [1.82, 2.24) is 9.80 Å². The molecule has 1 atom stereocenters. The number of carboxylic acids is 1. The van der Waals surface area contributed by atoms with Crippen LogP contribution in [0, 0.1) is 12.8 Å². The standard InChI is InChI=1S/C19H25ClN2O5/c1-12-4-5-15(20)16(10-12)27-13(2)18(24)21(3)11-17(23)22-8-6-14(7-9-22)19(25)26/h4-5,10,13-14H,6-9,11H2,1-3H3,(H,25,26). The molecule has 2 rings (SSSR count). The van der Waals surface area contributed by atoms with Gasteiger partial charge in [0.05, 0.1) is 17.5 Å². The molecule has 27 heavy (non-hydrogen) atoms. The van der Waals surface area contributed by atoms with Gasteiger partial charge in [0.15, 0.2) is 6.10 Å². The van der Waals surface area contributed by atoms with Crippen LogP contribution < -0.4 is 4.74 Å². The van der Waals surface area contributed by atoms with Gasteiger partial charge in [-0.15, -0.1) is 0 Å². The number of likely N-dealkylation sites (N-methyl/N-ethyl adjacent to an activating group) is 1. The van der Waals surface area contributed by atoms with Gasteiger partial charge in [-0.2, -0.15) is 0 Å². The summed E-state index contributed by atoms with van der Waals surface area (Å²) in [5.41, 5.74) is 0.961. The molecule has 1 fully saturated rings. The molecule has 1 aliphatic rings. The summed E-state index contributed by atoms with van der Waals surface area (Å²) >= 11 is 6.09. The van der Waals surface area contributed by atoms with Gasteiger partial charge in [0.2, 0.25) is 5.91 Å². The Morgan fingerprint density at radius 2 is 1.96 bits per heavy atom. The Morgan fingerprint density at radius 1 is 1.33 bits per heavy atom. The minimum absolute atomic E-state index is 0.0776. The van der Waals surface area contributed by atoms with Crippen LogP contribution in [0.25, 0.3) is 0 Å². The van der Waals surface area contributed by atoms with Crippen LogP contribution in [0.15, 0.2) is 18.2 Å². The molecule has 0 spiro atoms. The quantitative estimate of drug-likeness (QED) is 0.796. The van der Waals surface area contributed by atoms with Crippen molar-refractivity contribution < 1.29 is 24.2 Å². The molecule has 1 heterocycles. The van der Waals surface area contributed by atoms with E-state index in [1.807, 2.05) is 13.0 Å². The van der Waals surface area contributed by atoms with Crippen LogP contribution in [-0.4, -0.2) is 65.5 Å². The van der Waals surface area contributed by atoms with E-state index in [9.17, 15) is 14.4 Å². The zero-order valence-electron chi connectivity index (χ0n) is 15.8. The number of hydrogen-bond donors (Lipinski definition) is 1. The molecule has 148 valence electrons. The molecular weight excluding hydrogens is 372 g/mol. The van der Waals surface area contributed by atoms with Crippen LogP contribution in [0.5, 0.6) is 5.75 Å². The van der Waals surface area contributed by atoms with E-state index in [0.29, 0.717) is 36.7 Å². The highest BCUT2D eigenvalue weighted by Crippen LogP contribution is 2.26. The normalized spacial score (nSPS) is 15.9. The van der Waals surface area contributed by atoms with Gasteiger partial charge in [-0.05, 0) is 44.4 Å². The van der Waals surface area contributed by atoms with Gasteiger partial charge in [-0.25, -0.2) is 0 Å². The molecule has 1 aromatic rings. The summed E-state index contributed by atoms with van der Waals surface area (Å²) in [6, 6.07) is 5.31. The summed E-state index contributed by atoms with van der Waals surface area (Å²) in [6.45, 7) is 4.21. The molecule has 1 saturated heterocycles. The van der Waals surface area contributed by atoms with Crippen molar-refractivity contribution in [1.29, 1.82) is 0 Å². The van der Waals surface area contributed by atoms with Crippen molar-refractivity contribution >= 4 is 29.4 Å². The lowest BCUT2D eigenvalue weighted by molar-refractivity contribution is -0.147. The number of halogens is 1. The maximum absolute atomic E-state index is 12.5. The van der Waals surface area contributed by atoms with Crippen LogP contribution in [0.3, 0.4) is 0 Å². The molecule has 0 aliphatic carbocycles. The average Bonchev–Trinajstić information content (AvgIpc) is 2.63. The molecule has 2 amide bonds. The van der Waals surface area contributed by atoms with E-state index >= 15 is 0 Å². The Morgan fingerprint density at radius 3 is 2.56 bits per heavy atom. The lowest BCUT2D eigenvalue weighted by Gasteiger charge is -2.31. The lowest BCUT2D eigenvalue weighted by Crippen LogP contribution is -2.47. The SMILES string of the molecule is Cc1ccc(Cl)c(OC(C)C(=O)N(C)CC(=O)N2CCC(C(=O)O)CC2)c1. The molecule has 7 nitrogen and oxygen atoms in total. The summed E-state index contributed by atoms with van der Waals surface area (Å²) in [5.74, 6) is -1.33. The summed E-state index contributed by atoms with van der Waals surface area (Å²) in [4.78, 5) is 38.8. The van der Waals surface area contributed by atoms with E-state index in [4.69, 9.17) is 21.4 Å². The first-order valence-corrected chi connectivity index (χ1v) is 9.25. The number of aliphatic carboxylic acids is 1. The van der Waals surface area contributed by atoms with Crippen molar-refractivity contribution in [3.8, 4) is 5.75 Å². The maximum atomic E-state index is 12.5. The number of piperidine rings is 1. The number of likely N-dealkylation sites (tertiary alicyclic amines) is 1. The van der Waals surface area contributed by atoms with Crippen LogP contribution >= 0.6 is 11.6 Å². The van der Waals surface area contributed by atoms with E-state index in [-0.39, 0.29) is 18.4 Å². The fourth-order valence-electron chi connectivity index (χ4n) is 3.01. The summed E-state index contributed by atoms with van der Waals surface area (Å²) in [5, 5.41) is 9.44. The van der Waals surface area contributed by atoms with Crippen LogP contribution in [0.4, 0.5) is 0 Å². The Balaban J connectivity index is 1.88. The number of amides is 2. The summed E-state index contributed by atoms with van der Waals surface area (Å²) in [7, 11) is 1.54. The van der Waals surface area contributed by atoms with Crippen LogP contribution in [-0.2, 0) is 14.4 Å². The van der Waals surface area contributed by atoms with Crippen LogP contribution in [0.1, 0.15) is 25.3 Å². The summed E-state index contributed by atoms with van der Waals surface area (Å²) in [6.07, 6.45) is 0.0774. The topological polar surface area (TPSA) is 87.2 Å². The maximum Gasteiger partial charge on any atom is 0.306 e. The lowest BCUT2D eigenvalue weighted by atomic mass is 9.97. The Bertz CT molecular complexity index is 716. The number of rotatable bonds is 6. The van der Waals surface area contributed by atoms with Crippen molar-refractivity contribution in [2.45, 2.75) is 32.8 Å². The van der Waals surface area contributed by atoms with E-state index in [0.717, 1.165) is 5.56 Å². The van der Waals surface area contributed by atoms with Gasteiger partial charge in [0.25, 0.3) is 5.91 Å². The first-order valence-electron chi connectivity index (χ1n) is 8.87. The van der Waals surface area contributed by atoms with E-state index in [2.05, 4.69) is 0 Å². The molecule has 1 N–H and O–H groups in total. The third-order valence-corrected chi connectivity index (χ3v) is 5.00. The van der Waals surface area contributed by atoms with Crippen molar-refractivity contribution in [2.24, 2.45) is 5.92 Å². The monoisotopic (exact) mass is 396 g/mol. The second-order valence-corrected chi connectivity index (χ2v) is 7.29. The van der Waals surface area contributed by atoms with Crippen LogP contribution in [0.2, 0.25) is 5.02 Å². The van der Waals surface area contributed by atoms with Gasteiger partial charge < -0.3 is 19.6 Å². The third-order valence-electron chi connectivity index (χ3n) is 4.68. The first-order chi connectivity index (χ1) is 12.7.